The molecule has 2 aliphatic carbocycles. The minimum absolute atomic E-state index is 0.0793. The van der Waals surface area contributed by atoms with Gasteiger partial charge in [-0.15, -0.1) is 0 Å². The number of ether oxygens (including phenoxy) is 2. The first-order valence-corrected chi connectivity index (χ1v) is 11.0. The number of fused-ring (bicyclic) bond motifs is 1. The first-order valence-electron chi connectivity index (χ1n) is 11.0. The molecular formula is C21H31F3N2O5. The van der Waals surface area contributed by atoms with Crippen LogP contribution in [0.2, 0.25) is 0 Å². The van der Waals surface area contributed by atoms with Gasteiger partial charge in [-0.05, 0) is 51.6 Å². The molecule has 1 N–H and O–H groups in total. The number of carboxylic acids is 1. The van der Waals surface area contributed by atoms with E-state index in [1.807, 2.05) is 0 Å². The number of amides is 1. The fourth-order valence-corrected chi connectivity index (χ4v) is 4.76. The van der Waals surface area contributed by atoms with Gasteiger partial charge in [0.15, 0.2) is 0 Å². The number of halogens is 3. The van der Waals surface area contributed by atoms with Crippen LogP contribution >= 0.6 is 0 Å². The van der Waals surface area contributed by atoms with Gasteiger partial charge in [-0.25, -0.2) is 4.79 Å². The predicted molar refractivity (Wildman–Crippen MR) is 105 cm³/mol. The van der Waals surface area contributed by atoms with Gasteiger partial charge in [0.2, 0.25) is 5.91 Å². The van der Waals surface area contributed by atoms with E-state index < -0.39 is 12.1 Å². The standard InChI is InChI=1S/C19H30N2O3.C2HF3O2/c22-19(15-5-1-2-6-15)21-12-14-24-18-16(21)7-8-17(18)23-13-11-20-9-3-4-10-20;3-2(4,5)1(6)7/h1-2,15-18H,3-14H2;(H,6,7)/t16-,17+,18+;/m0./s1. The Labute approximate surface area is 180 Å². The molecule has 2 heterocycles. The van der Waals surface area contributed by atoms with Gasteiger partial charge in [0.1, 0.15) is 6.10 Å². The van der Waals surface area contributed by atoms with E-state index in [1.54, 1.807) is 0 Å². The van der Waals surface area contributed by atoms with E-state index in [0.717, 1.165) is 45.4 Å². The zero-order valence-corrected chi connectivity index (χ0v) is 17.6. The van der Waals surface area contributed by atoms with Crippen molar-refractivity contribution in [2.45, 2.75) is 63.0 Å². The molecular weight excluding hydrogens is 417 g/mol. The van der Waals surface area contributed by atoms with Gasteiger partial charge in [0.05, 0.1) is 25.4 Å². The highest BCUT2D eigenvalue weighted by Gasteiger charge is 2.46. The van der Waals surface area contributed by atoms with Crippen LogP contribution in [-0.4, -0.2) is 90.6 Å². The average Bonchev–Trinajstić information content (AvgIpc) is 3.49. The first kappa shape index (κ1) is 24.0. The summed E-state index contributed by atoms with van der Waals surface area (Å²) in [7, 11) is 0. The lowest BCUT2D eigenvalue weighted by Crippen LogP contribution is -2.55. The maximum absolute atomic E-state index is 12.8. The maximum Gasteiger partial charge on any atom is 0.490 e. The Kier molecular flexibility index (Phi) is 8.35. The summed E-state index contributed by atoms with van der Waals surface area (Å²) in [4.78, 5) is 26.3. The number of morpholine rings is 1. The van der Waals surface area contributed by atoms with Gasteiger partial charge in [-0.1, -0.05) is 12.2 Å². The van der Waals surface area contributed by atoms with E-state index in [0.29, 0.717) is 12.5 Å². The molecule has 2 aliphatic heterocycles. The smallest absolute Gasteiger partial charge is 0.475 e. The van der Waals surface area contributed by atoms with Crippen LogP contribution in [0, 0.1) is 5.92 Å². The van der Waals surface area contributed by atoms with Crippen LogP contribution in [0.1, 0.15) is 38.5 Å². The Hall–Kier alpha value is -1.65. The monoisotopic (exact) mass is 448 g/mol. The molecule has 0 aromatic rings. The van der Waals surface area contributed by atoms with E-state index >= 15 is 0 Å². The quantitative estimate of drug-likeness (QED) is 0.651. The molecule has 0 aromatic carbocycles. The molecule has 1 amide bonds. The van der Waals surface area contributed by atoms with E-state index in [1.165, 1.54) is 25.9 Å². The molecule has 3 fully saturated rings. The Balaban J connectivity index is 0.000000339. The Morgan fingerprint density at radius 1 is 1.10 bits per heavy atom. The molecule has 0 aromatic heterocycles. The lowest BCUT2D eigenvalue weighted by molar-refractivity contribution is -0.192. The van der Waals surface area contributed by atoms with Crippen LogP contribution in [0.25, 0.3) is 0 Å². The number of carbonyl (C=O) groups is 2. The van der Waals surface area contributed by atoms with Crippen LogP contribution in [0.3, 0.4) is 0 Å². The highest BCUT2D eigenvalue weighted by molar-refractivity contribution is 5.80. The number of alkyl halides is 3. The number of carboxylic acid groups (broad SMARTS) is 1. The third-order valence-electron chi connectivity index (χ3n) is 6.36. The number of rotatable bonds is 5. The normalized spacial score (nSPS) is 29.0. The topological polar surface area (TPSA) is 79.3 Å². The highest BCUT2D eigenvalue weighted by atomic mass is 19.4. The predicted octanol–water partition coefficient (Wildman–Crippen LogP) is 2.46. The zero-order valence-electron chi connectivity index (χ0n) is 17.6. The summed E-state index contributed by atoms with van der Waals surface area (Å²) >= 11 is 0. The summed E-state index contributed by atoms with van der Waals surface area (Å²) in [6.07, 6.45) is 5.93. The van der Waals surface area contributed by atoms with Crippen molar-refractivity contribution in [3.63, 3.8) is 0 Å². The van der Waals surface area contributed by atoms with E-state index in [-0.39, 0.29) is 24.2 Å². The average molecular weight is 448 g/mol. The van der Waals surface area contributed by atoms with Crippen LogP contribution < -0.4 is 0 Å². The largest absolute Gasteiger partial charge is 0.490 e. The van der Waals surface area contributed by atoms with Gasteiger partial charge in [0.25, 0.3) is 0 Å². The van der Waals surface area contributed by atoms with Crippen molar-refractivity contribution in [3.05, 3.63) is 12.2 Å². The van der Waals surface area contributed by atoms with E-state index in [4.69, 9.17) is 19.4 Å². The number of carbonyl (C=O) groups excluding carboxylic acids is 1. The molecule has 4 rings (SSSR count). The molecule has 0 spiro atoms. The van der Waals surface area contributed by atoms with Crippen molar-refractivity contribution in [2.75, 3.05) is 39.4 Å². The highest BCUT2D eigenvalue weighted by Crippen LogP contribution is 2.34. The molecule has 0 bridgehead atoms. The fourth-order valence-electron chi connectivity index (χ4n) is 4.76. The summed E-state index contributed by atoms with van der Waals surface area (Å²) in [5, 5.41) is 7.12. The van der Waals surface area contributed by atoms with Crippen LogP contribution in [0.15, 0.2) is 12.2 Å². The van der Waals surface area contributed by atoms with Crippen molar-refractivity contribution in [3.8, 4) is 0 Å². The van der Waals surface area contributed by atoms with Gasteiger partial charge < -0.3 is 24.4 Å². The van der Waals surface area contributed by atoms with Gasteiger partial charge in [-0.3, -0.25) is 4.79 Å². The van der Waals surface area contributed by atoms with Crippen molar-refractivity contribution in [1.29, 1.82) is 0 Å². The molecule has 0 radical (unpaired) electrons. The first-order chi connectivity index (χ1) is 14.8. The number of hydrogen-bond donors (Lipinski definition) is 1. The van der Waals surface area contributed by atoms with Crippen LogP contribution in [-0.2, 0) is 19.1 Å². The molecule has 176 valence electrons. The van der Waals surface area contributed by atoms with Crippen molar-refractivity contribution in [2.24, 2.45) is 5.92 Å². The zero-order chi connectivity index (χ0) is 22.4. The molecule has 0 unspecified atom stereocenters. The summed E-state index contributed by atoms with van der Waals surface area (Å²) in [6, 6.07) is 0.226. The second-order valence-electron chi connectivity index (χ2n) is 8.41. The SMILES string of the molecule is O=C(C1CC=CC1)N1CCO[C@H]2[C@H](OCCN3CCCC3)CC[C@@H]21.O=C(O)C(F)(F)F. The lowest BCUT2D eigenvalue weighted by atomic mass is 10.0. The molecule has 2 saturated heterocycles. The van der Waals surface area contributed by atoms with E-state index in [9.17, 15) is 18.0 Å². The maximum atomic E-state index is 12.8. The molecule has 4 aliphatic rings. The lowest BCUT2D eigenvalue weighted by Gasteiger charge is -2.40. The molecule has 10 heteroatoms. The number of likely N-dealkylation sites (tertiary alicyclic amines) is 1. The Morgan fingerprint density at radius 3 is 2.35 bits per heavy atom. The molecule has 31 heavy (non-hydrogen) atoms. The summed E-state index contributed by atoms with van der Waals surface area (Å²) < 4.78 is 43.9. The third kappa shape index (κ3) is 6.43. The van der Waals surface area contributed by atoms with Gasteiger partial charge in [-0.2, -0.15) is 13.2 Å². The third-order valence-corrected chi connectivity index (χ3v) is 6.36. The number of hydrogen-bond acceptors (Lipinski definition) is 5. The summed E-state index contributed by atoms with van der Waals surface area (Å²) in [5.74, 6) is -2.26. The van der Waals surface area contributed by atoms with Crippen molar-refractivity contribution in [1.82, 2.24) is 9.80 Å². The fraction of sp³-hybridized carbons (Fsp3) is 0.810. The van der Waals surface area contributed by atoms with E-state index in [2.05, 4.69) is 22.0 Å². The van der Waals surface area contributed by atoms with Gasteiger partial charge >= 0.3 is 12.1 Å². The summed E-state index contributed by atoms with van der Waals surface area (Å²) in [5.41, 5.74) is 0. The second kappa shape index (κ2) is 10.8. The molecule has 7 nitrogen and oxygen atoms in total. The minimum atomic E-state index is -5.08. The second-order valence-corrected chi connectivity index (χ2v) is 8.41. The van der Waals surface area contributed by atoms with Crippen molar-refractivity contribution < 1.29 is 37.3 Å². The molecule has 3 atom stereocenters. The number of allylic oxidation sites excluding steroid dienone is 2. The number of nitrogens with zero attached hydrogens (tertiary/aromatic N) is 2. The van der Waals surface area contributed by atoms with Crippen LogP contribution in [0.4, 0.5) is 13.2 Å². The van der Waals surface area contributed by atoms with Gasteiger partial charge in [0, 0.05) is 19.0 Å². The molecule has 1 saturated carbocycles. The van der Waals surface area contributed by atoms with Crippen molar-refractivity contribution >= 4 is 11.9 Å². The number of aliphatic carboxylic acids is 1. The Morgan fingerprint density at radius 2 is 1.74 bits per heavy atom. The Bertz CT molecular complexity index is 643. The van der Waals surface area contributed by atoms with Crippen LogP contribution in [0.5, 0.6) is 0 Å². The minimum Gasteiger partial charge on any atom is -0.475 e. The summed E-state index contributed by atoms with van der Waals surface area (Å²) in [6.45, 7) is 5.65.